The number of carbonyl (C=O) groups excluding carboxylic acids is 1. The highest BCUT2D eigenvalue weighted by Crippen LogP contribution is 2.37. The molecule has 2 saturated heterocycles. The first-order chi connectivity index (χ1) is 14.7. The van der Waals surface area contributed by atoms with Crippen molar-refractivity contribution in [2.45, 2.75) is 44.3 Å². The summed E-state index contributed by atoms with van der Waals surface area (Å²) in [6.07, 6.45) is 6.25. The molecule has 2 atom stereocenters. The van der Waals surface area contributed by atoms with E-state index >= 15 is 0 Å². The maximum Gasteiger partial charge on any atom is 0.240 e. The van der Waals surface area contributed by atoms with Gasteiger partial charge in [0, 0.05) is 38.8 Å². The Morgan fingerprint density at radius 2 is 1.83 bits per heavy atom. The summed E-state index contributed by atoms with van der Waals surface area (Å²) < 4.78 is 0. The molecule has 2 unspecified atom stereocenters. The number of rotatable bonds is 5. The van der Waals surface area contributed by atoms with Gasteiger partial charge in [0.1, 0.15) is 11.6 Å². The van der Waals surface area contributed by atoms with Gasteiger partial charge < -0.3 is 14.9 Å². The quantitative estimate of drug-likeness (QED) is 0.827. The van der Waals surface area contributed by atoms with Crippen molar-refractivity contribution in [2.24, 2.45) is 5.92 Å². The summed E-state index contributed by atoms with van der Waals surface area (Å²) in [5, 5.41) is 9.56. The molecule has 3 fully saturated rings. The predicted octanol–water partition coefficient (Wildman–Crippen LogP) is 2.88. The number of aromatic hydroxyl groups is 1. The lowest BCUT2D eigenvalue weighted by atomic mass is 9.77. The molecule has 6 nitrogen and oxygen atoms in total. The first-order valence-electron chi connectivity index (χ1n) is 11.2. The zero-order chi connectivity index (χ0) is 20.5. The van der Waals surface area contributed by atoms with Crippen molar-refractivity contribution in [3.63, 3.8) is 0 Å². The number of piperazine rings is 1. The summed E-state index contributed by atoms with van der Waals surface area (Å²) in [4.78, 5) is 24.6. The lowest BCUT2D eigenvalue weighted by Crippen LogP contribution is -2.61. The molecule has 1 N–H and O–H groups in total. The monoisotopic (exact) mass is 406 g/mol. The van der Waals surface area contributed by atoms with Crippen LogP contribution in [0.4, 0.5) is 5.82 Å². The van der Waals surface area contributed by atoms with Crippen LogP contribution in [0.3, 0.4) is 0 Å². The van der Waals surface area contributed by atoms with Gasteiger partial charge in [0.15, 0.2) is 0 Å². The van der Waals surface area contributed by atoms with Crippen LogP contribution >= 0.6 is 0 Å². The van der Waals surface area contributed by atoms with E-state index in [0.29, 0.717) is 24.4 Å². The standard InChI is InChI=1S/C24H30N4O2/c29-20-9-10-23(25-15-20)26-13-14-28(22(17-26)19-7-4-8-19)21-11-12-27(24(21)30)16-18-5-2-1-3-6-18/h1-3,5-6,9-10,15,19,21-22,29H,4,7-8,11-14,16-17H2. The molecule has 1 aromatic heterocycles. The minimum absolute atomic E-state index is 0.00855. The molecule has 0 spiro atoms. The molecule has 6 heteroatoms. The topological polar surface area (TPSA) is 59.9 Å². The van der Waals surface area contributed by atoms with Gasteiger partial charge >= 0.3 is 0 Å². The number of hydrogen-bond donors (Lipinski definition) is 1. The molecule has 1 amide bonds. The maximum absolute atomic E-state index is 13.3. The van der Waals surface area contributed by atoms with Gasteiger partial charge in [-0.15, -0.1) is 0 Å². The molecule has 1 aromatic carbocycles. The third-order valence-corrected chi connectivity index (χ3v) is 7.10. The van der Waals surface area contributed by atoms with Gasteiger partial charge in [-0.2, -0.15) is 0 Å². The van der Waals surface area contributed by atoms with Crippen molar-refractivity contribution in [1.29, 1.82) is 0 Å². The van der Waals surface area contributed by atoms with Crippen molar-refractivity contribution in [2.75, 3.05) is 31.1 Å². The molecule has 1 aliphatic carbocycles. The summed E-state index contributed by atoms with van der Waals surface area (Å²) in [6.45, 7) is 4.21. The molecule has 2 aliphatic heterocycles. The van der Waals surface area contributed by atoms with Crippen molar-refractivity contribution < 1.29 is 9.90 Å². The highest BCUT2D eigenvalue weighted by atomic mass is 16.3. The number of nitrogens with zero attached hydrogens (tertiary/aromatic N) is 4. The molecule has 158 valence electrons. The van der Waals surface area contributed by atoms with E-state index < -0.39 is 0 Å². The first-order valence-corrected chi connectivity index (χ1v) is 11.2. The smallest absolute Gasteiger partial charge is 0.240 e. The average Bonchev–Trinajstić information content (AvgIpc) is 3.08. The lowest BCUT2D eigenvalue weighted by molar-refractivity contribution is -0.134. The second kappa shape index (κ2) is 8.26. The van der Waals surface area contributed by atoms with E-state index in [1.165, 1.54) is 31.0 Å². The minimum atomic E-state index is 0.00855. The number of pyridine rings is 1. The predicted molar refractivity (Wildman–Crippen MR) is 116 cm³/mol. The summed E-state index contributed by atoms with van der Waals surface area (Å²) in [5.74, 6) is 2.07. The van der Waals surface area contributed by atoms with Crippen molar-refractivity contribution in [3.05, 3.63) is 54.2 Å². The number of carbonyl (C=O) groups is 1. The maximum atomic E-state index is 13.3. The molecule has 5 rings (SSSR count). The summed E-state index contributed by atoms with van der Waals surface area (Å²) in [6, 6.07) is 14.3. The Labute approximate surface area is 178 Å². The van der Waals surface area contributed by atoms with Crippen LogP contribution in [-0.4, -0.2) is 64.1 Å². The Bertz CT molecular complexity index is 869. The van der Waals surface area contributed by atoms with Crippen LogP contribution in [-0.2, 0) is 11.3 Å². The van der Waals surface area contributed by atoms with E-state index in [9.17, 15) is 9.90 Å². The van der Waals surface area contributed by atoms with E-state index in [2.05, 4.69) is 26.9 Å². The molecule has 0 radical (unpaired) electrons. The van der Waals surface area contributed by atoms with Crippen LogP contribution in [0.2, 0.25) is 0 Å². The van der Waals surface area contributed by atoms with Crippen LogP contribution in [0.5, 0.6) is 5.75 Å². The number of hydrogen-bond acceptors (Lipinski definition) is 5. The highest BCUT2D eigenvalue weighted by molar-refractivity contribution is 5.84. The molecule has 3 aliphatic rings. The van der Waals surface area contributed by atoms with E-state index in [1.54, 1.807) is 6.07 Å². The number of benzene rings is 1. The Kier molecular flexibility index (Phi) is 5.34. The highest BCUT2D eigenvalue weighted by Gasteiger charge is 2.44. The molecule has 3 heterocycles. The zero-order valence-corrected chi connectivity index (χ0v) is 17.4. The van der Waals surface area contributed by atoms with E-state index in [4.69, 9.17) is 0 Å². The largest absolute Gasteiger partial charge is 0.506 e. The minimum Gasteiger partial charge on any atom is -0.506 e. The normalized spacial score (nSPS) is 25.5. The Morgan fingerprint density at radius 3 is 2.53 bits per heavy atom. The fraction of sp³-hybridized carbons (Fsp3) is 0.500. The van der Waals surface area contributed by atoms with E-state index in [-0.39, 0.29) is 11.8 Å². The van der Waals surface area contributed by atoms with Crippen molar-refractivity contribution in [3.8, 4) is 5.75 Å². The number of likely N-dealkylation sites (tertiary alicyclic amines) is 1. The molecular weight excluding hydrogens is 376 g/mol. The average molecular weight is 407 g/mol. The van der Waals surface area contributed by atoms with Gasteiger partial charge in [-0.05, 0) is 42.9 Å². The van der Waals surface area contributed by atoms with Gasteiger partial charge in [-0.1, -0.05) is 36.8 Å². The van der Waals surface area contributed by atoms with E-state index in [0.717, 1.165) is 38.4 Å². The third kappa shape index (κ3) is 3.76. The van der Waals surface area contributed by atoms with Crippen LogP contribution in [0.1, 0.15) is 31.2 Å². The molecule has 1 saturated carbocycles. The van der Waals surface area contributed by atoms with Crippen molar-refractivity contribution in [1.82, 2.24) is 14.8 Å². The second-order valence-electron chi connectivity index (χ2n) is 8.87. The van der Waals surface area contributed by atoms with Gasteiger partial charge in [-0.3, -0.25) is 9.69 Å². The van der Waals surface area contributed by atoms with Gasteiger partial charge in [0.25, 0.3) is 0 Å². The van der Waals surface area contributed by atoms with Crippen LogP contribution in [0.25, 0.3) is 0 Å². The molecule has 30 heavy (non-hydrogen) atoms. The van der Waals surface area contributed by atoms with Crippen molar-refractivity contribution >= 4 is 11.7 Å². The Hall–Kier alpha value is -2.60. The van der Waals surface area contributed by atoms with Gasteiger partial charge in [-0.25, -0.2) is 4.98 Å². The summed E-state index contributed by atoms with van der Waals surface area (Å²) in [7, 11) is 0. The third-order valence-electron chi connectivity index (χ3n) is 7.10. The fourth-order valence-electron chi connectivity index (χ4n) is 5.22. The van der Waals surface area contributed by atoms with E-state index in [1.807, 2.05) is 29.2 Å². The fourth-order valence-corrected chi connectivity index (χ4v) is 5.22. The number of anilines is 1. The summed E-state index contributed by atoms with van der Waals surface area (Å²) >= 11 is 0. The van der Waals surface area contributed by atoms with Gasteiger partial charge in [0.05, 0.1) is 12.2 Å². The van der Waals surface area contributed by atoms with Crippen LogP contribution < -0.4 is 4.90 Å². The lowest BCUT2D eigenvalue weighted by Gasteiger charge is -2.49. The summed E-state index contributed by atoms with van der Waals surface area (Å²) in [5.41, 5.74) is 1.20. The zero-order valence-electron chi connectivity index (χ0n) is 17.4. The van der Waals surface area contributed by atoms with Crippen LogP contribution in [0.15, 0.2) is 48.7 Å². The number of aromatic nitrogens is 1. The Morgan fingerprint density at radius 1 is 1.00 bits per heavy atom. The molecule has 0 bridgehead atoms. The molecule has 2 aromatic rings. The van der Waals surface area contributed by atoms with Gasteiger partial charge in [0.2, 0.25) is 5.91 Å². The second-order valence-corrected chi connectivity index (χ2v) is 8.87. The van der Waals surface area contributed by atoms with Crippen LogP contribution in [0, 0.1) is 5.92 Å². The SMILES string of the molecule is O=C1C(N2CCN(c3ccc(O)cn3)CC2C2CCC2)CCN1Cc1ccccc1. The molecular formula is C24H30N4O2. The Balaban J connectivity index is 1.30. The first kappa shape index (κ1) is 19.4. The number of amides is 1.